The highest BCUT2D eigenvalue weighted by Gasteiger charge is 2.33. The predicted octanol–water partition coefficient (Wildman–Crippen LogP) is 3.77. The van der Waals surface area contributed by atoms with Crippen LogP contribution in [-0.4, -0.2) is 10.9 Å². The van der Waals surface area contributed by atoms with Crippen LogP contribution in [0.4, 0.5) is 5.82 Å². The zero-order valence-corrected chi connectivity index (χ0v) is 11.7. The average Bonchev–Trinajstić information content (AvgIpc) is 2.75. The first-order valence-corrected chi connectivity index (χ1v) is 6.72. The Morgan fingerprint density at radius 3 is 2.55 bits per heavy atom. The molecular weight excluding hydrogens is 272 g/mol. The molecule has 1 amide bonds. The minimum absolute atomic E-state index is 0.0406. The molecule has 1 aliphatic rings. The van der Waals surface area contributed by atoms with Crippen molar-refractivity contribution in [1.29, 1.82) is 0 Å². The maximum atomic E-state index is 12.2. The fourth-order valence-electron chi connectivity index (χ4n) is 2.47. The normalized spacial score (nSPS) is 18.3. The number of aromatic nitrogens is 1. The molecule has 0 fully saturated rings. The van der Waals surface area contributed by atoms with Crippen LogP contribution in [0.15, 0.2) is 60.3 Å². The molecule has 1 aromatic carbocycles. The second-order valence-corrected chi connectivity index (χ2v) is 5.18. The second kappa shape index (κ2) is 5.10. The van der Waals surface area contributed by atoms with Crippen LogP contribution in [-0.2, 0) is 4.79 Å². The lowest BCUT2D eigenvalue weighted by atomic mass is 10.0. The molecule has 0 saturated heterocycles. The summed E-state index contributed by atoms with van der Waals surface area (Å²) >= 11 is 5.93. The molecule has 3 nitrogen and oxygen atoms in total. The van der Waals surface area contributed by atoms with Crippen molar-refractivity contribution in [2.45, 2.75) is 13.0 Å². The van der Waals surface area contributed by atoms with E-state index in [1.165, 1.54) is 0 Å². The summed E-state index contributed by atoms with van der Waals surface area (Å²) in [6, 6.07) is 13.0. The van der Waals surface area contributed by atoms with E-state index in [0.29, 0.717) is 10.8 Å². The summed E-state index contributed by atoms with van der Waals surface area (Å²) in [5.41, 5.74) is 2.03. The molecule has 3 rings (SSSR count). The number of halogens is 1. The molecule has 1 aromatic heterocycles. The number of anilines is 1. The van der Waals surface area contributed by atoms with Crippen molar-refractivity contribution < 1.29 is 4.79 Å². The van der Waals surface area contributed by atoms with Gasteiger partial charge in [-0.05, 0) is 42.3 Å². The summed E-state index contributed by atoms with van der Waals surface area (Å²) in [5.74, 6) is 0.617. The fourth-order valence-corrected chi connectivity index (χ4v) is 2.60. The maximum Gasteiger partial charge on any atom is 0.253 e. The van der Waals surface area contributed by atoms with Gasteiger partial charge >= 0.3 is 0 Å². The molecule has 0 saturated carbocycles. The van der Waals surface area contributed by atoms with E-state index in [9.17, 15) is 4.79 Å². The number of pyridine rings is 1. The maximum absolute atomic E-state index is 12.2. The Morgan fingerprint density at radius 2 is 1.90 bits per heavy atom. The van der Waals surface area contributed by atoms with Gasteiger partial charge in [0.15, 0.2) is 0 Å². The highest BCUT2D eigenvalue weighted by molar-refractivity contribution is 6.30. The number of hydrogen-bond donors (Lipinski definition) is 0. The molecule has 0 bridgehead atoms. The number of carbonyl (C=O) groups excluding carboxylic acids is 1. The lowest BCUT2D eigenvalue weighted by molar-refractivity contribution is -0.114. The molecule has 0 N–H and O–H groups in total. The second-order valence-electron chi connectivity index (χ2n) is 4.74. The summed E-state index contributed by atoms with van der Waals surface area (Å²) in [7, 11) is 0. The molecule has 2 heterocycles. The van der Waals surface area contributed by atoms with Gasteiger partial charge in [0, 0.05) is 17.3 Å². The number of amides is 1. The van der Waals surface area contributed by atoms with Gasteiger partial charge in [0.2, 0.25) is 0 Å². The van der Waals surface area contributed by atoms with Crippen LogP contribution >= 0.6 is 11.6 Å². The van der Waals surface area contributed by atoms with Crippen molar-refractivity contribution in [3.8, 4) is 0 Å². The van der Waals surface area contributed by atoms with Gasteiger partial charge in [-0.15, -0.1) is 0 Å². The Labute approximate surface area is 122 Å². The van der Waals surface area contributed by atoms with Gasteiger partial charge in [0.05, 0.1) is 6.04 Å². The SMILES string of the molecule is CC1=CC(=O)N(c2ccccn2)[C@@H]1c1ccc(Cl)cc1. The average molecular weight is 285 g/mol. The molecule has 4 heteroatoms. The summed E-state index contributed by atoms with van der Waals surface area (Å²) in [6.07, 6.45) is 3.35. The summed E-state index contributed by atoms with van der Waals surface area (Å²) in [6.45, 7) is 1.96. The Balaban J connectivity index is 2.04. The van der Waals surface area contributed by atoms with Crippen LogP contribution in [0.2, 0.25) is 5.02 Å². The third-order valence-corrected chi connectivity index (χ3v) is 3.61. The topological polar surface area (TPSA) is 33.2 Å². The Bertz CT molecular complexity index is 665. The number of nitrogens with zero attached hydrogens (tertiary/aromatic N) is 2. The van der Waals surface area contributed by atoms with Crippen molar-refractivity contribution >= 4 is 23.3 Å². The number of hydrogen-bond acceptors (Lipinski definition) is 2. The Hall–Kier alpha value is -2.13. The fraction of sp³-hybridized carbons (Fsp3) is 0.125. The number of carbonyl (C=O) groups is 1. The minimum Gasteiger partial charge on any atom is -0.282 e. The van der Waals surface area contributed by atoms with E-state index < -0.39 is 0 Å². The summed E-state index contributed by atoms with van der Waals surface area (Å²) < 4.78 is 0. The number of rotatable bonds is 2. The van der Waals surface area contributed by atoms with Crippen LogP contribution in [0.5, 0.6) is 0 Å². The quantitative estimate of drug-likeness (QED) is 0.841. The molecule has 0 spiro atoms. The van der Waals surface area contributed by atoms with Gasteiger partial charge in [0.25, 0.3) is 5.91 Å². The third kappa shape index (κ3) is 2.21. The summed E-state index contributed by atoms with van der Waals surface area (Å²) in [4.78, 5) is 18.2. The molecule has 20 heavy (non-hydrogen) atoms. The van der Waals surface area contributed by atoms with Crippen LogP contribution < -0.4 is 4.90 Å². The predicted molar refractivity (Wildman–Crippen MR) is 79.7 cm³/mol. The zero-order chi connectivity index (χ0) is 14.1. The lowest BCUT2D eigenvalue weighted by Crippen LogP contribution is -2.29. The largest absolute Gasteiger partial charge is 0.282 e. The first-order valence-electron chi connectivity index (χ1n) is 6.35. The molecule has 1 atom stereocenters. The number of benzene rings is 1. The highest BCUT2D eigenvalue weighted by atomic mass is 35.5. The first-order chi connectivity index (χ1) is 9.66. The molecule has 100 valence electrons. The van der Waals surface area contributed by atoms with E-state index in [-0.39, 0.29) is 11.9 Å². The first kappa shape index (κ1) is 12.9. The van der Waals surface area contributed by atoms with Gasteiger partial charge in [-0.3, -0.25) is 9.69 Å². The van der Waals surface area contributed by atoms with E-state index in [1.807, 2.05) is 49.4 Å². The van der Waals surface area contributed by atoms with Gasteiger partial charge in [-0.25, -0.2) is 4.98 Å². The van der Waals surface area contributed by atoms with Crippen molar-refractivity contribution in [2.24, 2.45) is 0 Å². The van der Waals surface area contributed by atoms with Crippen molar-refractivity contribution in [1.82, 2.24) is 4.98 Å². The van der Waals surface area contributed by atoms with Crippen molar-refractivity contribution in [2.75, 3.05) is 4.90 Å². The van der Waals surface area contributed by atoms with E-state index in [2.05, 4.69) is 4.98 Å². The van der Waals surface area contributed by atoms with E-state index in [1.54, 1.807) is 17.2 Å². The molecule has 2 aromatic rings. The van der Waals surface area contributed by atoms with Crippen LogP contribution in [0, 0.1) is 0 Å². The van der Waals surface area contributed by atoms with Gasteiger partial charge < -0.3 is 0 Å². The van der Waals surface area contributed by atoms with E-state index in [4.69, 9.17) is 11.6 Å². The van der Waals surface area contributed by atoms with E-state index in [0.717, 1.165) is 11.1 Å². The zero-order valence-electron chi connectivity index (χ0n) is 11.0. The summed E-state index contributed by atoms with van der Waals surface area (Å²) in [5, 5.41) is 0.684. The smallest absolute Gasteiger partial charge is 0.253 e. The molecule has 0 radical (unpaired) electrons. The minimum atomic E-state index is -0.116. The van der Waals surface area contributed by atoms with Crippen LogP contribution in [0.1, 0.15) is 18.5 Å². The molecule has 0 aliphatic carbocycles. The van der Waals surface area contributed by atoms with Gasteiger partial charge in [-0.2, -0.15) is 0 Å². The van der Waals surface area contributed by atoms with E-state index >= 15 is 0 Å². The van der Waals surface area contributed by atoms with Crippen LogP contribution in [0.25, 0.3) is 0 Å². The standard InChI is InChI=1S/C16H13ClN2O/c1-11-10-15(20)19(14-4-2-3-9-18-14)16(11)12-5-7-13(17)8-6-12/h2-10,16H,1H3/t16-/m0/s1. The van der Waals surface area contributed by atoms with Crippen molar-refractivity contribution in [3.63, 3.8) is 0 Å². The Morgan fingerprint density at radius 1 is 1.15 bits per heavy atom. The van der Waals surface area contributed by atoms with Crippen LogP contribution in [0.3, 0.4) is 0 Å². The highest BCUT2D eigenvalue weighted by Crippen LogP contribution is 2.36. The molecule has 1 aliphatic heterocycles. The van der Waals surface area contributed by atoms with Gasteiger partial charge in [-0.1, -0.05) is 29.8 Å². The lowest BCUT2D eigenvalue weighted by Gasteiger charge is -2.26. The molecule has 0 unspecified atom stereocenters. The monoisotopic (exact) mass is 284 g/mol. The molecular formula is C16H13ClN2O. The Kier molecular flexibility index (Phi) is 3.28. The van der Waals surface area contributed by atoms with Crippen molar-refractivity contribution in [3.05, 3.63) is 70.9 Å². The third-order valence-electron chi connectivity index (χ3n) is 3.36. The van der Waals surface area contributed by atoms with Gasteiger partial charge in [0.1, 0.15) is 5.82 Å².